The van der Waals surface area contributed by atoms with E-state index < -0.39 is 5.82 Å². The van der Waals surface area contributed by atoms with Crippen LogP contribution in [0.1, 0.15) is 36.8 Å². The summed E-state index contributed by atoms with van der Waals surface area (Å²) in [6.07, 6.45) is 0. The van der Waals surface area contributed by atoms with E-state index in [0.29, 0.717) is 31.9 Å². The van der Waals surface area contributed by atoms with Crippen molar-refractivity contribution in [3.05, 3.63) is 47.2 Å². The van der Waals surface area contributed by atoms with Gasteiger partial charge in [0.05, 0.1) is 11.3 Å². The highest BCUT2D eigenvalue weighted by atomic mass is 19.1. The van der Waals surface area contributed by atoms with Crippen molar-refractivity contribution >= 4 is 17.5 Å². The number of nitrogens with one attached hydrogen (secondary N) is 1. The maximum atomic E-state index is 13.2. The fourth-order valence-electron chi connectivity index (χ4n) is 3.05. The van der Waals surface area contributed by atoms with Crippen molar-refractivity contribution in [1.29, 1.82) is 5.26 Å². The van der Waals surface area contributed by atoms with Crippen molar-refractivity contribution < 1.29 is 9.18 Å². The van der Waals surface area contributed by atoms with Crippen LogP contribution in [-0.2, 0) is 0 Å². The second kappa shape index (κ2) is 8.21. The standard InChI is InChI=1S/C20H23FN6O/c1-13(2)19-23-14(3)10-18(25-19)26-6-8-27(9-7-26)20(28)24-17-5-4-16(21)11-15(17)12-22/h4-5,10-11,13H,6-9H2,1-3H3,(H,24,28). The van der Waals surface area contributed by atoms with Crippen LogP contribution in [0.4, 0.5) is 20.7 Å². The van der Waals surface area contributed by atoms with Crippen LogP contribution in [0.15, 0.2) is 24.3 Å². The van der Waals surface area contributed by atoms with Crippen LogP contribution in [0.3, 0.4) is 0 Å². The zero-order valence-electron chi connectivity index (χ0n) is 16.2. The van der Waals surface area contributed by atoms with Gasteiger partial charge in [0.2, 0.25) is 0 Å². The Morgan fingerprint density at radius 1 is 1.21 bits per heavy atom. The van der Waals surface area contributed by atoms with Gasteiger partial charge in [0, 0.05) is 43.9 Å². The minimum atomic E-state index is -0.510. The Bertz CT molecular complexity index is 915. The summed E-state index contributed by atoms with van der Waals surface area (Å²) in [5.41, 5.74) is 1.34. The Morgan fingerprint density at radius 2 is 1.93 bits per heavy atom. The molecule has 0 spiro atoms. The maximum absolute atomic E-state index is 13.2. The van der Waals surface area contributed by atoms with E-state index in [1.54, 1.807) is 4.90 Å². The molecular formula is C20H23FN6O. The molecule has 1 aliphatic heterocycles. The molecule has 1 aliphatic rings. The lowest BCUT2D eigenvalue weighted by Gasteiger charge is -2.35. The third-order valence-electron chi connectivity index (χ3n) is 4.61. The monoisotopic (exact) mass is 382 g/mol. The van der Waals surface area contributed by atoms with Crippen molar-refractivity contribution in [2.24, 2.45) is 0 Å². The Kier molecular flexibility index (Phi) is 5.73. The summed E-state index contributed by atoms with van der Waals surface area (Å²) in [6, 6.07) is 7.28. The summed E-state index contributed by atoms with van der Waals surface area (Å²) >= 11 is 0. The summed E-state index contributed by atoms with van der Waals surface area (Å²) in [4.78, 5) is 25.5. The number of carbonyl (C=O) groups is 1. The zero-order chi connectivity index (χ0) is 20.3. The van der Waals surface area contributed by atoms with Crippen LogP contribution < -0.4 is 10.2 Å². The number of hydrogen-bond acceptors (Lipinski definition) is 5. The molecule has 0 radical (unpaired) electrons. The maximum Gasteiger partial charge on any atom is 0.322 e. The number of urea groups is 1. The lowest BCUT2D eigenvalue weighted by molar-refractivity contribution is 0.208. The lowest BCUT2D eigenvalue weighted by Crippen LogP contribution is -2.50. The van der Waals surface area contributed by atoms with Crippen molar-refractivity contribution in [3.8, 4) is 6.07 Å². The molecule has 1 aromatic heterocycles. The first-order valence-corrected chi connectivity index (χ1v) is 9.23. The SMILES string of the molecule is Cc1cc(N2CCN(C(=O)Nc3ccc(F)cc3C#N)CC2)nc(C(C)C)n1. The second-order valence-corrected chi connectivity index (χ2v) is 7.09. The van der Waals surface area contributed by atoms with Gasteiger partial charge in [-0.25, -0.2) is 19.2 Å². The molecule has 2 amide bonds. The fraction of sp³-hybridized carbons (Fsp3) is 0.400. The molecule has 28 heavy (non-hydrogen) atoms. The van der Waals surface area contributed by atoms with Crippen LogP contribution in [0, 0.1) is 24.1 Å². The van der Waals surface area contributed by atoms with E-state index in [-0.39, 0.29) is 17.5 Å². The van der Waals surface area contributed by atoms with Gasteiger partial charge in [-0.2, -0.15) is 5.26 Å². The van der Waals surface area contributed by atoms with Gasteiger partial charge in [0.15, 0.2) is 0 Å². The number of rotatable bonds is 3. The highest BCUT2D eigenvalue weighted by Gasteiger charge is 2.23. The number of anilines is 2. The Balaban J connectivity index is 1.64. The number of nitrogens with zero attached hydrogens (tertiary/aromatic N) is 5. The van der Waals surface area contributed by atoms with E-state index >= 15 is 0 Å². The minimum absolute atomic E-state index is 0.102. The van der Waals surface area contributed by atoms with Crippen molar-refractivity contribution in [3.63, 3.8) is 0 Å². The molecule has 1 fully saturated rings. The predicted octanol–water partition coefficient (Wildman–Crippen LogP) is 3.27. The molecule has 0 saturated carbocycles. The van der Waals surface area contributed by atoms with Gasteiger partial charge < -0.3 is 15.1 Å². The van der Waals surface area contributed by atoms with Gasteiger partial charge in [0.1, 0.15) is 23.5 Å². The third-order valence-corrected chi connectivity index (χ3v) is 4.61. The fourth-order valence-corrected chi connectivity index (χ4v) is 3.05. The molecule has 1 aromatic carbocycles. The molecule has 1 saturated heterocycles. The number of aryl methyl sites for hydroxylation is 1. The molecular weight excluding hydrogens is 359 g/mol. The van der Waals surface area contributed by atoms with E-state index in [1.807, 2.05) is 19.1 Å². The number of piperazine rings is 1. The number of amides is 2. The highest BCUT2D eigenvalue weighted by molar-refractivity contribution is 5.91. The first-order valence-electron chi connectivity index (χ1n) is 9.23. The van der Waals surface area contributed by atoms with Gasteiger partial charge in [-0.1, -0.05) is 13.8 Å². The van der Waals surface area contributed by atoms with Crippen LogP contribution in [-0.4, -0.2) is 47.1 Å². The normalized spacial score (nSPS) is 14.1. The molecule has 2 aromatic rings. The zero-order valence-corrected chi connectivity index (χ0v) is 16.2. The number of benzene rings is 1. The van der Waals surface area contributed by atoms with Crippen molar-refractivity contribution in [2.75, 3.05) is 36.4 Å². The molecule has 0 atom stereocenters. The van der Waals surface area contributed by atoms with E-state index in [4.69, 9.17) is 5.26 Å². The number of aromatic nitrogens is 2. The largest absolute Gasteiger partial charge is 0.353 e. The molecule has 0 aliphatic carbocycles. The Labute approximate surface area is 163 Å². The topological polar surface area (TPSA) is 85.1 Å². The van der Waals surface area contributed by atoms with Gasteiger partial charge >= 0.3 is 6.03 Å². The molecule has 146 valence electrons. The molecule has 2 heterocycles. The first-order chi connectivity index (χ1) is 13.4. The van der Waals surface area contributed by atoms with E-state index in [1.165, 1.54) is 12.1 Å². The number of hydrogen-bond donors (Lipinski definition) is 1. The molecule has 3 rings (SSSR count). The summed E-state index contributed by atoms with van der Waals surface area (Å²) in [5, 5.41) is 11.8. The van der Waals surface area contributed by atoms with Crippen molar-refractivity contribution in [2.45, 2.75) is 26.7 Å². The first kappa shape index (κ1) is 19.5. The van der Waals surface area contributed by atoms with Crippen LogP contribution in [0.5, 0.6) is 0 Å². The smallest absolute Gasteiger partial charge is 0.322 e. The second-order valence-electron chi connectivity index (χ2n) is 7.09. The van der Waals surface area contributed by atoms with Gasteiger partial charge in [-0.15, -0.1) is 0 Å². The number of carbonyl (C=O) groups excluding carboxylic acids is 1. The summed E-state index contributed by atoms with van der Waals surface area (Å²) in [5.74, 6) is 1.43. The van der Waals surface area contributed by atoms with Crippen LogP contribution >= 0.6 is 0 Å². The number of halogens is 1. The summed E-state index contributed by atoms with van der Waals surface area (Å²) < 4.78 is 13.2. The van der Waals surface area contributed by atoms with Gasteiger partial charge in [0.25, 0.3) is 0 Å². The van der Waals surface area contributed by atoms with Crippen molar-refractivity contribution in [1.82, 2.24) is 14.9 Å². The Morgan fingerprint density at radius 3 is 2.57 bits per heavy atom. The Hall–Kier alpha value is -3.21. The van der Waals surface area contributed by atoms with Crippen LogP contribution in [0.2, 0.25) is 0 Å². The molecule has 7 nitrogen and oxygen atoms in total. The third kappa shape index (κ3) is 4.36. The molecule has 1 N–H and O–H groups in total. The molecule has 0 bridgehead atoms. The van der Waals surface area contributed by atoms with Crippen LogP contribution in [0.25, 0.3) is 0 Å². The van der Waals surface area contributed by atoms with Gasteiger partial charge in [-0.05, 0) is 25.1 Å². The summed E-state index contributed by atoms with van der Waals surface area (Å²) in [7, 11) is 0. The predicted molar refractivity (Wildman–Crippen MR) is 105 cm³/mol. The quantitative estimate of drug-likeness (QED) is 0.881. The molecule has 8 heteroatoms. The highest BCUT2D eigenvalue weighted by Crippen LogP contribution is 2.20. The van der Waals surface area contributed by atoms with E-state index in [2.05, 4.69) is 34.0 Å². The minimum Gasteiger partial charge on any atom is -0.353 e. The number of nitriles is 1. The summed E-state index contributed by atoms with van der Waals surface area (Å²) in [6.45, 7) is 8.42. The van der Waals surface area contributed by atoms with E-state index in [0.717, 1.165) is 23.4 Å². The molecule has 0 unspecified atom stereocenters. The average Bonchev–Trinajstić information content (AvgIpc) is 2.68. The average molecular weight is 382 g/mol. The van der Waals surface area contributed by atoms with E-state index in [9.17, 15) is 9.18 Å². The lowest BCUT2D eigenvalue weighted by atomic mass is 10.2. The van der Waals surface area contributed by atoms with Gasteiger partial charge in [-0.3, -0.25) is 0 Å².